The molecule has 2 nitrogen and oxygen atoms in total. The molecule has 100 valence electrons. The van der Waals surface area contributed by atoms with E-state index in [-0.39, 0.29) is 0 Å². The number of likely N-dealkylation sites (tertiary alicyclic amines) is 1. The van der Waals surface area contributed by atoms with Gasteiger partial charge in [-0.1, -0.05) is 33.1 Å². The maximum absolute atomic E-state index is 5.98. The lowest BCUT2D eigenvalue weighted by Gasteiger charge is -2.44. The van der Waals surface area contributed by atoms with Gasteiger partial charge in [-0.15, -0.1) is 0 Å². The molecule has 2 atom stereocenters. The second-order valence-electron chi connectivity index (χ2n) is 6.43. The molecule has 0 aromatic heterocycles. The summed E-state index contributed by atoms with van der Waals surface area (Å²) in [4.78, 5) is 2.68. The quantitative estimate of drug-likeness (QED) is 0.816. The molecule has 0 amide bonds. The lowest BCUT2D eigenvalue weighted by molar-refractivity contribution is 0.0581. The standard InChI is InChI=1S/C15H30N2/c1-3-13(2)14(12-16)17-10-8-15(9-11-17)6-4-5-7-15/h13-14H,3-12,16H2,1-2H3. The second-order valence-corrected chi connectivity index (χ2v) is 6.43. The van der Waals surface area contributed by atoms with Crippen LogP contribution in [0.1, 0.15) is 58.8 Å². The molecule has 0 aromatic carbocycles. The van der Waals surface area contributed by atoms with E-state index in [1.807, 2.05) is 0 Å². The third-order valence-electron chi connectivity index (χ3n) is 5.53. The number of rotatable bonds is 4. The molecule has 0 radical (unpaired) electrons. The van der Waals surface area contributed by atoms with Crippen molar-refractivity contribution < 1.29 is 0 Å². The molecule has 2 fully saturated rings. The van der Waals surface area contributed by atoms with Crippen LogP contribution in [0, 0.1) is 11.3 Å². The van der Waals surface area contributed by atoms with Crippen LogP contribution in [0.25, 0.3) is 0 Å². The van der Waals surface area contributed by atoms with Crippen LogP contribution < -0.4 is 5.73 Å². The maximum atomic E-state index is 5.98. The summed E-state index contributed by atoms with van der Waals surface area (Å²) in [5.41, 5.74) is 6.72. The number of hydrogen-bond donors (Lipinski definition) is 1. The summed E-state index contributed by atoms with van der Waals surface area (Å²) in [5.74, 6) is 0.748. The van der Waals surface area contributed by atoms with Crippen molar-refractivity contribution in [3.63, 3.8) is 0 Å². The molecule has 0 aromatic rings. The largest absolute Gasteiger partial charge is 0.329 e. The molecule has 2 N–H and O–H groups in total. The smallest absolute Gasteiger partial charge is 0.0243 e. The van der Waals surface area contributed by atoms with Crippen LogP contribution >= 0.6 is 0 Å². The van der Waals surface area contributed by atoms with Crippen molar-refractivity contribution >= 4 is 0 Å². The topological polar surface area (TPSA) is 29.3 Å². The molecule has 0 bridgehead atoms. The Kier molecular flexibility index (Phi) is 4.48. The van der Waals surface area contributed by atoms with Gasteiger partial charge in [0.2, 0.25) is 0 Å². The highest BCUT2D eigenvalue weighted by atomic mass is 15.2. The Labute approximate surface area is 107 Å². The average Bonchev–Trinajstić information content (AvgIpc) is 2.81. The Bertz CT molecular complexity index is 223. The Morgan fingerprint density at radius 3 is 2.18 bits per heavy atom. The van der Waals surface area contributed by atoms with Gasteiger partial charge in [-0.05, 0) is 50.1 Å². The summed E-state index contributed by atoms with van der Waals surface area (Å²) in [6, 6.07) is 0.624. The van der Waals surface area contributed by atoms with Crippen molar-refractivity contribution in [3.05, 3.63) is 0 Å². The highest BCUT2D eigenvalue weighted by Gasteiger charge is 2.38. The molecule has 2 heteroatoms. The van der Waals surface area contributed by atoms with Gasteiger partial charge in [-0.25, -0.2) is 0 Å². The Balaban J connectivity index is 1.88. The van der Waals surface area contributed by atoms with E-state index in [4.69, 9.17) is 5.73 Å². The van der Waals surface area contributed by atoms with E-state index in [0.29, 0.717) is 6.04 Å². The predicted octanol–water partition coefficient (Wildman–Crippen LogP) is 3.02. The van der Waals surface area contributed by atoms with Gasteiger partial charge in [-0.2, -0.15) is 0 Å². The molecule has 1 aliphatic heterocycles. The van der Waals surface area contributed by atoms with Crippen molar-refractivity contribution in [1.29, 1.82) is 0 Å². The molecule has 17 heavy (non-hydrogen) atoms. The second kappa shape index (κ2) is 5.71. The SMILES string of the molecule is CCC(C)C(CN)N1CCC2(CCCC2)CC1. The van der Waals surface area contributed by atoms with E-state index < -0.39 is 0 Å². The molecule has 2 aliphatic rings. The summed E-state index contributed by atoms with van der Waals surface area (Å²) in [6.07, 6.45) is 10.1. The first-order chi connectivity index (χ1) is 8.21. The molecular formula is C15H30N2. The predicted molar refractivity (Wildman–Crippen MR) is 74.0 cm³/mol. The fourth-order valence-corrected chi connectivity index (χ4v) is 3.97. The lowest BCUT2D eigenvalue weighted by atomic mass is 9.76. The highest BCUT2D eigenvalue weighted by molar-refractivity contribution is 4.92. The summed E-state index contributed by atoms with van der Waals surface area (Å²) < 4.78 is 0. The summed E-state index contributed by atoms with van der Waals surface area (Å²) in [6.45, 7) is 8.08. The first-order valence-electron chi connectivity index (χ1n) is 7.65. The summed E-state index contributed by atoms with van der Waals surface area (Å²) in [5, 5.41) is 0. The van der Waals surface area contributed by atoms with E-state index in [0.717, 1.165) is 17.9 Å². The van der Waals surface area contributed by atoms with Gasteiger partial charge in [0.25, 0.3) is 0 Å². The number of nitrogens with two attached hydrogens (primary N) is 1. The number of nitrogens with zero attached hydrogens (tertiary/aromatic N) is 1. The van der Waals surface area contributed by atoms with Crippen molar-refractivity contribution in [2.75, 3.05) is 19.6 Å². The zero-order valence-electron chi connectivity index (χ0n) is 11.8. The van der Waals surface area contributed by atoms with Gasteiger partial charge in [0.1, 0.15) is 0 Å². The molecule has 2 rings (SSSR count). The van der Waals surface area contributed by atoms with Crippen LogP contribution in [0.4, 0.5) is 0 Å². The van der Waals surface area contributed by atoms with Gasteiger partial charge in [0.15, 0.2) is 0 Å². The van der Waals surface area contributed by atoms with Crippen LogP contribution in [0.2, 0.25) is 0 Å². The van der Waals surface area contributed by atoms with Crippen molar-refractivity contribution in [2.24, 2.45) is 17.1 Å². The normalized spacial score (nSPS) is 28.4. The Hall–Kier alpha value is -0.0800. The zero-order valence-corrected chi connectivity index (χ0v) is 11.8. The van der Waals surface area contributed by atoms with Gasteiger partial charge in [0, 0.05) is 12.6 Å². The fraction of sp³-hybridized carbons (Fsp3) is 1.00. The Morgan fingerprint density at radius 1 is 1.12 bits per heavy atom. The zero-order chi connectivity index (χ0) is 12.3. The minimum absolute atomic E-state index is 0.624. The van der Waals surface area contributed by atoms with Crippen LogP contribution in [0.5, 0.6) is 0 Å². The first-order valence-corrected chi connectivity index (χ1v) is 7.65. The average molecular weight is 238 g/mol. The van der Waals surface area contributed by atoms with Crippen LogP contribution in [-0.4, -0.2) is 30.6 Å². The first kappa shape index (κ1) is 13.4. The van der Waals surface area contributed by atoms with Crippen LogP contribution in [0.15, 0.2) is 0 Å². The maximum Gasteiger partial charge on any atom is 0.0243 e. The molecule has 1 spiro atoms. The molecule has 1 saturated carbocycles. The molecular weight excluding hydrogens is 208 g/mol. The van der Waals surface area contributed by atoms with Crippen LogP contribution in [0.3, 0.4) is 0 Å². The van der Waals surface area contributed by atoms with Crippen LogP contribution in [-0.2, 0) is 0 Å². The monoisotopic (exact) mass is 238 g/mol. The fourth-order valence-electron chi connectivity index (χ4n) is 3.97. The van der Waals surface area contributed by atoms with E-state index in [1.165, 1.54) is 58.0 Å². The van der Waals surface area contributed by atoms with Crippen molar-refractivity contribution in [1.82, 2.24) is 4.90 Å². The van der Waals surface area contributed by atoms with E-state index in [1.54, 1.807) is 0 Å². The molecule has 1 saturated heterocycles. The number of piperidine rings is 1. The minimum atomic E-state index is 0.624. The van der Waals surface area contributed by atoms with Gasteiger partial charge >= 0.3 is 0 Å². The molecule has 1 aliphatic carbocycles. The summed E-state index contributed by atoms with van der Waals surface area (Å²) in [7, 11) is 0. The van der Waals surface area contributed by atoms with E-state index in [9.17, 15) is 0 Å². The van der Waals surface area contributed by atoms with Gasteiger partial charge in [-0.3, -0.25) is 4.90 Å². The number of hydrogen-bond acceptors (Lipinski definition) is 2. The van der Waals surface area contributed by atoms with Crippen molar-refractivity contribution in [3.8, 4) is 0 Å². The van der Waals surface area contributed by atoms with E-state index in [2.05, 4.69) is 18.7 Å². The third kappa shape index (κ3) is 2.85. The highest BCUT2D eigenvalue weighted by Crippen LogP contribution is 2.46. The van der Waals surface area contributed by atoms with E-state index >= 15 is 0 Å². The van der Waals surface area contributed by atoms with Gasteiger partial charge in [0.05, 0.1) is 0 Å². The molecule has 2 unspecified atom stereocenters. The molecule has 1 heterocycles. The third-order valence-corrected chi connectivity index (χ3v) is 5.53. The van der Waals surface area contributed by atoms with Crippen molar-refractivity contribution in [2.45, 2.75) is 64.8 Å². The minimum Gasteiger partial charge on any atom is -0.329 e. The van der Waals surface area contributed by atoms with Gasteiger partial charge < -0.3 is 5.73 Å². The lowest BCUT2D eigenvalue weighted by Crippen LogP contribution is -2.50. The summed E-state index contributed by atoms with van der Waals surface area (Å²) >= 11 is 0. The Morgan fingerprint density at radius 2 is 1.71 bits per heavy atom.